The molecule has 1 aromatic carbocycles. The van der Waals surface area contributed by atoms with E-state index >= 15 is 0 Å². The number of piperidine rings is 1. The monoisotopic (exact) mass is 323 g/mol. The van der Waals surface area contributed by atoms with E-state index in [1.54, 1.807) is 29.3 Å². The molecule has 1 aliphatic heterocycles. The van der Waals surface area contributed by atoms with E-state index in [1.165, 1.54) is 0 Å². The molecule has 7 heteroatoms. The van der Waals surface area contributed by atoms with Crippen molar-refractivity contribution in [1.82, 2.24) is 5.06 Å². The van der Waals surface area contributed by atoms with E-state index in [0.29, 0.717) is 30.5 Å². The number of hydrogen-bond donors (Lipinski definition) is 0. The van der Waals surface area contributed by atoms with Crippen molar-refractivity contribution in [3.63, 3.8) is 0 Å². The van der Waals surface area contributed by atoms with Crippen molar-refractivity contribution < 1.29 is 22.2 Å². The third-order valence-electron chi connectivity index (χ3n) is 5.05. The molecule has 0 bridgehead atoms. The van der Waals surface area contributed by atoms with E-state index in [0.717, 1.165) is 12.7 Å². The van der Waals surface area contributed by atoms with Gasteiger partial charge >= 0.3 is 5.97 Å². The quantitative estimate of drug-likeness (QED) is 0.771. The Morgan fingerprint density at radius 3 is 2.45 bits per heavy atom. The highest BCUT2D eigenvalue weighted by Crippen LogP contribution is 2.78. The molecule has 1 heterocycles. The number of rotatable bonds is 4. The van der Waals surface area contributed by atoms with Crippen LogP contribution >= 0.6 is 0 Å². The highest BCUT2D eigenvalue weighted by atomic mass is 32.2. The van der Waals surface area contributed by atoms with Crippen molar-refractivity contribution >= 4 is 16.1 Å². The van der Waals surface area contributed by atoms with Gasteiger partial charge in [-0.3, -0.25) is 4.18 Å². The molecule has 0 radical (unpaired) electrons. The zero-order valence-electron chi connectivity index (χ0n) is 12.1. The summed E-state index contributed by atoms with van der Waals surface area (Å²) in [6.45, 7) is 1.32. The summed E-state index contributed by atoms with van der Waals surface area (Å²) in [6, 6.07) is 8.88. The molecule has 4 atom stereocenters. The zero-order valence-corrected chi connectivity index (χ0v) is 13.0. The summed E-state index contributed by atoms with van der Waals surface area (Å²) >= 11 is 0. The van der Waals surface area contributed by atoms with Crippen LogP contribution in [0.25, 0.3) is 0 Å². The van der Waals surface area contributed by atoms with Crippen LogP contribution in [0.2, 0.25) is 0 Å². The molecular formula is C15H17NO5S. The Hall–Kier alpha value is -1.44. The van der Waals surface area contributed by atoms with E-state index in [4.69, 9.17) is 9.02 Å². The van der Waals surface area contributed by atoms with Gasteiger partial charge in [0.25, 0.3) is 10.1 Å². The van der Waals surface area contributed by atoms with Crippen molar-refractivity contribution in [1.29, 1.82) is 0 Å². The smallest absolute Gasteiger partial charge is 0.357 e. The predicted octanol–water partition coefficient (Wildman–Crippen LogP) is 1.05. The molecule has 0 aromatic heterocycles. The van der Waals surface area contributed by atoms with Gasteiger partial charge in [0.05, 0.1) is 17.9 Å². The Morgan fingerprint density at radius 2 is 1.86 bits per heavy atom. The normalized spacial score (nSPS) is 36.1. The highest BCUT2D eigenvalue weighted by Gasteiger charge is 2.81. The summed E-state index contributed by atoms with van der Waals surface area (Å²) in [5, 5.41) is 1.69. The molecule has 6 nitrogen and oxygen atoms in total. The Labute approximate surface area is 129 Å². The van der Waals surface area contributed by atoms with Gasteiger partial charge in [-0.1, -0.05) is 18.2 Å². The molecule has 2 unspecified atom stereocenters. The summed E-state index contributed by atoms with van der Waals surface area (Å²) in [7, 11) is -3.39. The lowest BCUT2D eigenvalue weighted by Crippen LogP contribution is -2.29. The second-order valence-electron chi connectivity index (χ2n) is 6.41. The van der Waals surface area contributed by atoms with Crippen LogP contribution in [0, 0.1) is 17.3 Å². The first-order valence-corrected chi connectivity index (χ1v) is 9.12. The number of nitrogens with zero attached hydrogens (tertiary/aromatic N) is 1. The van der Waals surface area contributed by atoms with Crippen LogP contribution in [-0.2, 0) is 19.1 Å². The standard InChI is InChI=1S/C15H17NO5S/c1-22(18,19)21-13-7-15(13)11-8-16(9-12(11)15)20-14(17)10-5-3-2-4-6-10/h2-6,11-13H,7-9H2,1H3/t11-,12+,13?,15?. The van der Waals surface area contributed by atoms with E-state index in [1.807, 2.05) is 6.07 Å². The molecule has 2 saturated carbocycles. The molecule has 22 heavy (non-hydrogen) atoms. The van der Waals surface area contributed by atoms with Gasteiger partial charge in [-0.05, 0) is 30.4 Å². The fourth-order valence-corrected chi connectivity index (χ4v) is 4.60. The molecule has 0 amide bonds. The van der Waals surface area contributed by atoms with Crippen LogP contribution in [0.4, 0.5) is 0 Å². The summed E-state index contributed by atoms with van der Waals surface area (Å²) in [5.74, 6) is 0.404. The fraction of sp³-hybridized carbons (Fsp3) is 0.533. The lowest BCUT2D eigenvalue weighted by atomic mass is 10.2. The number of benzene rings is 1. The molecule has 1 saturated heterocycles. The first-order chi connectivity index (χ1) is 10.4. The molecular weight excluding hydrogens is 306 g/mol. The molecule has 2 aliphatic carbocycles. The Bertz CT molecular complexity index is 705. The van der Waals surface area contributed by atoms with Crippen molar-refractivity contribution in [2.45, 2.75) is 12.5 Å². The van der Waals surface area contributed by atoms with Crippen LogP contribution in [0.5, 0.6) is 0 Å². The Balaban J connectivity index is 1.32. The van der Waals surface area contributed by atoms with Gasteiger partial charge in [0.2, 0.25) is 0 Å². The third kappa shape index (κ3) is 2.24. The van der Waals surface area contributed by atoms with Gasteiger partial charge in [0.1, 0.15) is 0 Å². The van der Waals surface area contributed by atoms with E-state index in [9.17, 15) is 13.2 Å². The maximum atomic E-state index is 12.0. The molecule has 0 N–H and O–H groups in total. The van der Waals surface area contributed by atoms with Gasteiger partial charge in [0.15, 0.2) is 0 Å². The maximum Gasteiger partial charge on any atom is 0.357 e. The molecule has 1 spiro atoms. The van der Waals surface area contributed by atoms with Gasteiger partial charge in [-0.25, -0.2) is 4.79 Å². The summed E-state index contributed by atoms with van der Waals surface area (Å²) in [4.78, 5) is 17.4. The van der Waals surface area contributed by atoms with Crippen LogP contribution < -0.4 is 0 Å². The first kappa shape index (κ1) is 14.2. The Morgan fingerprint density at radius 1 is 1.23 bits per heavy atom. The van der Waals surface area contributed by atoms with Crippen LogP contribution in [0.1, 0.15) is 16.8 Å². The van der Waals surface area contributed by atoms with Gasteiger partial charge in [-0.2, -0.15) is 8.42 Å². The number of fused-ring (bicyclic) bond motifs is 3. The van der Waals surface area contributed by atoms with Crippen molar-refractivity contribution in [2.75, 3.05) is 19.3 Å². The predicted molar refractivity (Wildman–Crippen MR) is 77.2 cm³/mol. The van der Waals surface area contributed by atoms with Crippen LogP contribution in [0.3, 0.4) is 0 Å². The first-order valence-electron chi connectivity index (χ1n) is 7.31. The maximum absolute atomic E-state index is 12.0. The van der Waals surface area contributed by atoms with E-state index in [2.05, 4.69) is 0 Å². The summed E-state index contributed by atoms with van der Waals surface area (Å²) in [6.07, 6.45) is 1.71. The Kier molecular flexibility index (Phi) is 2.92. The average molecular weight is 323 g/mol. The topological polar surface area (TPSA) is 72.9 Å². The average Bonchev–Trinajstić information content (AvgIpc) is 3.21. The minimum atomic E-state index is -3.39. The summed E-state index contributed by atoms with van der Waals surface area (Å²) in [5.41, 5.74) is 0.557. The zero-order chi connectivity index (χ0) is 15.5. The number of carbonyl (C=O) groups is 1. The number of carbonyl (C=O) groups excluding carboxylic acids is 1. The molecule has 118 valence electrons. The van der Waals surface area contributed by atoms with Gasteiger partial charge in [0, 0.05) is 18.5 Å². The van der Waals surface area contributed by atoms with Gasteiger partial charge < -0.3 is 4.84 Å². The van der Waals surface area contributed by atoms with E-state index < -0.39 is 10.1 Å². The minimum Gasteiger partial charge on any atom is -0.364 e. The SMILES string of the molecule is CS(=O)(=O)OC1CC12[C@@H]1CN(OC(=O)c3ccccc3)C[C@@H]12. The van der Waals surface area contributed by atoms with Crippen LogP contribution in [-0.4, -0.2) is 44.9 Å². The second kappa shape index (κ2) is 4.53. The second-order valence-corrected chi connectivity index (χ2v) is 8.01. The third-order valence-corrected chi connectivity index (χ3v) is 5.63. The molecule has 3 fully saturated rings. The number of hydrogen-bond acceptors (Lipinski definition) is 6. The summed E-state index contributed by atoms with van der Waals surface area (Å²) < 4.78 is 27.5. The highest BCUT2D eigenvalue weighted by molar-refractivity contribution is 7.86. The van der Waals surface area contributed by atoms with Crippen LogP contribution in [0.15, 0.2) is 30.3 Å². The lowest BCUT2D eigenvalue weighted by Gasteiger charge is -2.18. The largest absolute Gasteiger partial charge is 0.364 e. The minimum absolute atomic E-state index is 0.0265. The molecule has 4 rings (SSSR count). The fourth-order valence-electron chi connectivity index (χ4n) is 3.93. The van der Waals surface area contributed by atoms with Gasteiger partial charge in [-0.15, -0.1) is 5.06 Å². The van der Waals surface area contributed by atoms with Crippen molar-refractivity contribution in [2.24, 2.45) is 17.3 Å². The van der Waals surface area contributed by atoms with E-state index in [-0.39, 0.29) is 17.5 Å². The molecule has 3 aliphatic rings. The molecule has 1 aromatic rings. The van der Waals surface area contributed by atoms with Crippen molar-refractivity contribution in [3.8, 4) is 0 Å². The van der Waals surface area contributed by atoms with Crippen molar-refractivity contribution in [3.05, 3.63) is 35.9 Å². The lowest BCUT2D eigenvalue weighted by molar-refractivity contribution is -0.104. The number of hydroxylamine groups is 2.